The molecule has 146 valence electrons. The fourth-order valence-electron chi connectivity index (χ4n) is 3.48. The number of fused-ring (bicyclic) bond motifs is 1. The van der Waals surface area contributed by atoms with Crippen LogP contribution < -0.4 is 0 Å². The highest BCUT2D eigenvalue weighted by Crippen LogP contribution is 2.26. The first-order valence-corrected chi connectivity index (χ1v) is 10.8. The van der Waals surface area contributed by atoms with Gasteiger partial charge in [0, 0.05) is 23.5 Å². The van der Waals surface area contributed by atoms with Gasteiger partial charge in [0.1, 0.15) is 5.58 Å². The summed E-state index contributed by atoms with van der Waals surface area (Å²) in [6.45, 7) is 5.38. The number of nitrogens with zero attached hydrogens (tertiary/aromatic N) is 1. The summed E-state index contributed by atoms with van der Waals surface area (Å²) in [6, 6.07) is 6.88. The predicted molar refractivity (Wildman–Crippen MR) is 100 cm³/mol. The SMILES string of the molecule is CCN(C(=O)[C@@H](C)OC(=O)c1oc2ccccc2c1C)[C@H]1CCS(=O)(=O)C1. The van der Waals surface area contributed by atoms with Crippen LogP contribution in [-0.2, 0) is 19.4 Å². The lowest BCUT2D eigenvalue weighted by Gasteiger charge is -2.29. The standard InChI is InChI=1S/C19H23NO6S/c1-4-20(14-9-10-27(23,24)11-14)18(21)13(3)25-19(22)17-12(2)15-7-5-6-8-16(15)26-17/h5-8,13-14H,4,9-11H2,1-3H3/t13-,14+/m1/s1. The van der Waals surface area contributed by atoms with Gasteiger partial charge in [-0.2, -0.15) is 0 Å². The van der Waals surface area contributed by atoms with Crippen molar-refractivity contribution in [2.45, 2.75) is 39.3 Å². The molecule has 2 atom stereocenters. The van der Waals surface area contributed by atoms with Crippen molar-refractivity contribution < 1.29 is 27.2 Å². The zero-order chi connectivity index (χ0) is 19.8. The molecule has 0 spiro atoms. The summed E-state index contributed by atoms with van der Waals surface area (Å²) in [4.78, 5) is 26.7. The van der Waals surface area contributed by atoms with E-state index in [0.717, 1.165) is 5.39 Å². The molecule has 0 unspecified atom stereocenters. The lowest BCUT2D eigenvalue weighted by Crippen LogP contribution is -2.46. The number of amides is 1. The van der Waals surface area contributed by atoms with Crippen LogP contribution in [0.5, 0.6) is 0 Å². The van der Waals surface area contributed by atoms with Gasteiger partial charge in [-0.1, -0.05) is 18.2 Å². The summed E-state index contributed by atoms with van der Waals surface area (Å²) < 4.78 is 34.3. The molecule has 27 heavy (non-hydrogen) atoms. The van der Waals surface area contributed by atoms with E-state index in [1.54, 1.807) is 26.0 Å². The van der Waals surface area contributed by atoms with Crippen LogP contribution in [0, 0.1) is 6.92 Å². The highest BCUT2D eigenvalue weighted by molar-refractivity contribution is 7.91. The second kappa shape index (κ2) is 7.34. The lowest BCUT2D eigenvalue weighted by atomic mass is 10.1. The number of hydrogen-bond acceptors (Lipinski definition) is 6. The van der Waals surface area contributed by atoms with Crippen LogP contribution in [0.15, 0.2) is 28.7 Å². The summed E-state index contributed by atoms with van der Waals surface area (Å²) in [6.07, 6.45) is -0.626. The van der Waals surface area contributed by atoms with E-state index >= 15 is 0 Å². The first-order valence-electron chi connectivity index (χ1n) is 8.93. The molecule has 3 rings (SSSR count). The van der Waals surface area contributed by atoms with Gasteiger partial charge < -0.3 is 14.1 Å². The van der Waals surface area contributed by atoms with E-state index in [9.17, 15) is 18.0 Å². The maximum atomic E-state index is 12.7. The maximum absolute atomic E-state index is 12.7. The van der Waals surface area contributed by atoms with Gasteiger partial charge in [0.2, 0.25) is 5.76 Å². The number of esters is 1. The Morgan fingerprint density at radius 2 is 2.04 bits per heavy atom. The number of sulfone groups is 1. The quantitative estimate of drug-likeness (QED) is 0.724. The number of carbonyl (C=O) groups excluding carboxylic acids is 2. The molecular weight excluding hydrogens is 370 g/mol. The second-order valence-corrected chi connectivity index (χ2v) is 9.01. The van der Waals surface area contributed by atoms with Crippen molar-refractivity contribution >= 4 is 32.7 Å². The molecule has 8 heteroatoms. The first-order chi connectivity index (χ1) is 12.7. The number of aryl methyl sites for hydroxylation is 1. The van der Waals surface area contributed by atoms with Crippen LogP contribution in [-0.4, -0.2) is 55.4 Å². The van der Waals surface area contributed by atoms with Crippen LogP contribution in [0.25, 0.3) is 11.0 Å². The Bertz CT molecular complexity index is 977. The van der Waals surface area contributed by atoms with E-state index in [1.165, 1.54) is 11.8 Å². The number of benzene rings is 1. The van der Waals surface area contributed by atoms with E-state index in [1.807, 2.05) is 12.1 Å². The minimum absolute atomic E-state index is 0.0457. The molecule has 2 aromatic rings. The zero-order valence-electron chi connectivity index (χ0n) is 15.6. The highest BCUT2D eigenvalue weighted by atomic mass is 32.2. The molecule has 1 aliphatic heterocycles. The molecule has 1 aliphatic rings. The van der Waals surface area contributed by atoms with E-state index in [4.69, 9.17) is 9.15 Å². The van der Waals surface area contributed by atoms with Crippen LogP contribution >= 0.6 is 0 Å². The average Bonchev–Trinajstić information content (AvgIpc) is 3.15. The monoisotopic (exact) mass is 393 g/mol. The van der Waals surface area contributed by atoms with Gasteiger partial charge >= 0.3 is 5.97 Å². The van der Waals surface area contributed by atoms with Crippen LogP contribution in [0.2, 0.25) is 0 Å². The summed E-state index contributed by atoms with van der Waals surface area (Å²) in [5.74, 6) is -1.01. The molecule has 1 aromatic carbocycles. The molecule has 2 heterocycles. The van der Waals surface area contributed by atoms with Crippen molar-refractivity contribution in [1.29, 1.82) is 0 Å². The van der Waals surface area contributed by atoms with Gasteiger partial charge in [0.25, 0.3) is 5.91 Å². The average molecular weight is 393 g/mol. The highest BCUT2D eigenvalue weighted by Gasteiger charge is 2.36. The van der Waals surface area contributed by atoms with Gasteiger partial charge in [-0.05, 0) is 33.3 Å². The largest absolute Gasteiger partial charge is 0.449 e. The normalized spacial score (nSPS) is 19.7. The van der Waals surface area contributed by atoms with Gasteiger partial charge in [-0.3, -0.25) is 4.79 Å². The number of carbonyl (C=O) groups is 2. The Morgan fingerprint density at radius 3 is 2.63 bits per heavy atom. The van der Waals surface area contributed by atoms with Gasteiger partial charge in [0.05, 0.1) is 11.5 Å². The van der Waals surface area contributed by atoms with Gasteiger partial charge in [-0.25, -0.2) is 13.2 Å². The number of furan rings is 1. The third-order valence-corrected chi connectivity index (χ3v) is 6.68. The van der Waals surface area contributed by atoms with E-state index in [-0.39, 0.29) is 23.3 Å². The van der Waals surface area contributed by atoms with E-state index in [2.05, 4.69) is 0 Å². The predicted octanol–water partition coefficient (Wildman–Crippen LogP) is 2.32. The maximum Gasteiger partial charge on any atom is 0.375 e. The molecule has 0 aliphatic carbocycles. The number of rotatable bonds is 5. The molecule has 0 radical (unpaired) electrons. The van der Waals surface area contributed by atoms with E-state index < -0.39 is 27.8 Å². The van der Waals surface area contributed by atoms with Crippen LogP contribution in [0.1, 0.15) is 36.4 Å². The summed E-state index contributed by atoms with van der Waals surface area (Å²) in [5, 5.41) is 0.815. The third-order valence-electron chi connectivity index (χ3n) is 4.93. The number of hydrogen-bond donors (Lipinski definition) is 0. The van der Waals surface area contributed by atoms with Crippen molar-refractivity contribution in [3.8, 4) is 0 Å². The molecular formula is C19H23NO6S. The van der Waals surface area contributed by atoms with Gasteiger partial charge in [0.15, 0.2) is 15.9 Å². The molecule has 1 fully saturated rings. The summed E-state index contributed by atoms with van der Waals surface area (Å²) in [7, 11) is -3.11. The van der Waals surface area contributed by atoms with Gasteiger partial charge in [-0.15, -0.1) is 0 Å². The Labute approximate surface area is 158 Å². The number of para-hydroxylation sites is 1. The number of ether oxygens (including phenoxy) is 1. The van der Waals surface area contributed by atoms with E-state index in [0.29, 0.717) is 24.1 Å². The smallest absolute Gasteiger partial charge is 0.375 e. The molecule has 0 N–H and O–H groups in total. The Hall–Kier alpha value is -2.35. The fraction of sp³-hybridized carbons (Fsp3) is 0.474. The van der Waals surface area contributed by atoms with Crippen molar-refractivity contribution in [2.75, 3.05) is 18.1 Å². The summed E-state index contributed by atoms with van der Waals surface area (Å²) >= 11 is 0. The molecule has 7 nitrogen and oxygen atoms in total. The Morgan fingerprint density at radius 1 is 1.33 bits per heavy atom. The van der Waals surface area contributed by atoms with Crippen molar-refractivity contribution in [3.05, 3.63) is 35.6 Å². The number of likely N-dealkylation sites (N-methyl/N-ethyl adjacent to an activating group) is 1. The molecule has 1 aromatic heterocycles. The molecule has 0 bridgehead atoms. The molecule has 1 amide bonds. The minimum Gasteiger partial charge on any atom is -0.449 e. The zero-order valence-corrected chi connectivity index (χ0v) is 16.4. The topological polar surface area (TPSA) is 93.9 Å². The molecule has 0 saturated carbocycles. The fourth-order valence-corrected chi connectivity index (χ4v) is 5.21. The third kappa shape index (κ3) is 3.85. The first kappa shape index (κ1) is 19.4. The minimum atomic E-state index is -3.11. The Kier molecular flexibility index (Phi) is 5.28. The van der Waals surface area contributed by atoms with Crippen molar-refractivity contribution in [2.24, 2.45) is 0 Å². The summed E-state index contributed by atoms with van der Waals surface area (Å²) in [5.41, 5.74) is 1.23. The Balaban J connectivity index is 1.73. The molecule has 1 saturated heterocycles. The lowest BCUT2D eigenvalue weighted by molar-refractivity contribution is -0.141. The van der Waals surface area contributed by atoms with Crippen LogP contribution in [0.3, 0.4) is 0 Å². The second-order valence-electron chi connectivity index (χ2n) is 6.78. The van der Waals surface area contributed by atoms with Crippen molar-refractivity contribution in [1.82, 2.24) is 4.90 Å². The van der Waals surface area contributed by atoms with Crippen molar-refractivity contribution in [3.63, 3.8) is 0 Å². The van der Waals surface area contributed by atoms with Crippen LogP contribution in [0.4, 0.5) is 0 Å².